The van der Waals surface area contributed by atoms with Gasteiger partial charge < -0.3 is 29.0 Å². The zero-order chi connectivity index (χ0) is 20.1. The van der Waals surface area contributed by atoms with E-state index in [2.05, 4.69) is 5.32 Å². The van der Waals surface area contributed by atoms with Gasteiger partial charge in [0.15, 0.2) is 29.1 Å². The summed E-state index contributed by atoms with van der Waals surface area (Å²) in [5.41, 5.74) is 0.764. The maximum Gasteiger partial charge on any atom is 0.339 e. The fraction of sp³-hybridized carbons (Fsp3) is 0.300. The van der Waals surface area contributed by atoms with Crippen LogP contribution in [0.3, 0.4) is 0 Å². The van der Waals surface area contributed by atoms with Crippen LogP contribution < -0.4 is 24.3 Å². The third-order valence-electron chi connectivity index (χ3n) is 4.08. The summed E-state index contributed by atoms with van der Waals surface area (Å²) in [6.45, 7) is 2.43. The molecule has 0 fully saturated rings. The predicted octanol–water partition coefficient (Wildman–Crippen LogP) is 2.66. The molecule has 2 aromatic carbocycles. The van der Waals surface area contributed by atoms with Gasteiger partial charge in [0.25, 0.3) is 5.91 Å². The molecule has 0 saturated heterocycles. The van der Waals surface area contributed by atoms with Gasteiger partial charge in [0.1, 0.15) is 13.2 Å². The summed E-state index contributed by atoms with van der Waals surface area (Å²) in [6, 6.07) is 9.69. The second-order valence-electron chi connectivity index (χ2n) is 5.96. The van der Waals surface area contributed by atoms with Gasteiger partial charge in [-0.3, -0.25) is 4.79 Å². The van der Waals surface area contributed by atoms with Crippen molar-refractivity contribution in [3.8, 4) is 23.0 Å². The topological polar surface area (TPSA) is 92.3 Å². The quantitative estimate of drug-likeness (QED) is 0.762. The maximum atomic E-state index is 12.4. The first-order valence-corrected chi connectivity index (χ1v) is 8.65. The Morgan fingerprint density at radius 1 is 0.964 bits per heavy atom. The average Bonchev–Trinajstić information content (AvgIpc) is 2.72. The minimum Gasteiger partial charge on any atom is -0.493 e. The molecule has 3 rings (SSSR count). The van der Waals surface area contributed by atoms with Crippen molar-refractivity contribution >= 4 is 17.6 Å². The number of hydrogen-bond donors (Lipinski definition) is 1. The van der Waals surface area contributed by atoms with Gasteiger partial charge in [-0.15, -0.1) is 0 Å². The van der Waals surface area contributed by atoms with Crippen molar-refractivity contribution in [3.05, 3.63) is 42.0 Å². The average molecular weight is 387 g/mol. The van der Waals surface area contributed by atoms with Crippen molar-refractivity contribution in [2.24, 2.45) is 0 Å². The number of rotatable bonds is 6. The number of anilines is 1. The standard InChI is InChI=1S/C20H21NO7/c1-12(28-20(23)13-4-6-15(24-2)17(10-13)25-3)19(22)21-14-5-7-16-18(11-14)27-9-8-26-16/h4-7,10-12H,8-9H2,1-3H3,(H,21,22)/t12-/m1/s1. The van der Waals surface area contributed by atoms with Crippen LogP contribution >= 0.6 is 0 Å². The van der Waals surface area contributed by atoms with Crippen molar-refractivity contribution in [1.29, 1.82) is 0 Å². The lowest BCUT2D eigenvalue weighted by Gasteiger charge is -2.19. The molecule has 1 atom stereocenters. The molecule has 1 aliphatic heterocycles. The first-order valence-electron chi connectivity index (χ1n) is 8.65. The summed E-state index contributed by atoms with van der Waals surface area (Å²) >= 11 is 0. The molecule has 1 aliphatic rings. The highest BCUT2D eigenvalue weighted by atomic mass is 16.6. The van der Waals surface area contributed by atoms with Gasteiger partial charge in [-0.2, -0.15) is 0 Å². The normalized spacial score (nSPS) is 13.2. The van der Waals surface area contributed by atoms with Crippen LogP contribution in [0.2, 0.25) is 0 Å². The van der Waals surface area contributed by atoms with Crippen LogP contribution in [0.1, 0.15) is 17.3 Å². The highest BCUT2D eigenvalue weighted by molar-refractivity contribution is 5.97. The van der Waals surface area contributed by atoms with E-state index < -0.39 is 18.0 Å². The zero-order valence-electron chi connectivity index (χ0n) is 15.8. The van der Waals surface area contributed by atoms with E-state index in [-0.39, 0.29) is 5.56 Å². The molecule has 1 N–H and O–H groups in total. The summed E-state index contributed by atoms with van der Waals surface area (Å²) in [4.78, 5) is 24.7. The van der Waals surface area contributed by atoms with Gasteiger partial charge in [0, 0.05) is 11.8 Å². The second-order valence-corrected chi connectivity index (χ2v) is 5.96. The Bertz CT molecular complexity index is 881. The molecule has 8 heteroatoms. The Labute approximate surface area is 162 Å². The molecular weight excluding hydrogens is 366 g/mol. The minimum absolute atomic E-state index is 0.247. The van der Waals surface area contributed by atoms with E-state index in [0.717, 1.165) is 0 Å². The van der Waals surface area contributed by atoms with Crippen molar-refractivity contribution in [3.63, 3.8) is 0 Å². The van der Waals surface area contributed by atoms with E-state index in [0.29, 0.717) is 41.9 Å². The van der Waals surface area contributed by atoms with E-state index in [1.165, 1.54) is 33.3 Å². The summed E-state index contributed by atoms with van der Waals surface area (Å²) in [7, 11) is 2.97. The van der Waals surface area contributed by atoms with Gasteiger partial charge in [0.2, 0.25) is 0 Å². The molecule has 0 bridgehead atoms. The smallest absolute Gasteiger partial charge is 0.339 e. The second kappa shape index (κ2) is 8.51. The first-order chi connectivity index (χ1) is 13.5. The summed E-state index contributed by atoms with van der Waals surface area (Å²) in [6.07, 6.45) is -1.01. The molecule has 0 saturated carbocycles. The van der Waals surface area contributed by atoms with E-state index >= 15 is 0 Å². The lowest BCUT2D eigenvalue weighted by atomic mass is 10.2. The third-order valence-corrected chi connectivity index (χ3v) is 4.08. The van der Waals surface area contributed by atoms with E-state index in [9.17, 15) is 9.59 Å². The van der Waals surface area contributed by atoms with Gasteiger partial charge in [-0.1, -0.05) is 0 Å². The van der Waals surface area contributed by atoms with E-state index in [1.807, 2.05) is 0 Å². The van der Waals surface area contributed by atoms with Crippen LogP contribution in [0.25, 0.3) is 0 Å². The van der Waals surface area contributed by atoms with Gasteiger partial charge in [-0.25, -0.2) is 4.79 Å². The molecule has 0 spiro atoms. The number of amides is 1. The van der Waals surface area contributed by atoms with Crippen LogP contribution in [0, 0.1) is 0 Å². The molecule has 0 radical (unpaired) electrons. The third kappa shape index (κ3) is 4.28. The van der Waals surface area contributed by atoms with Crippen LogP contribution in [0.5, 0.6) is 23.0 Å². The van der Waals surface area contributed by atoms with Crippen molar-refractivity contribution in [2.45, 2.75) is 13.0 Å². The molecule has 0 aromatic heterocycles. The molecule has 1 amide bonds. The van der Waals surface area contributed by atoms with E-state index in [1.54, 1.807) is 24.3 Å². The number of nitrogens with one attached hydrogen (secondary N) is 1. The first kappa shape index (κ1) is 19.3. The Kier molecular flexibility index (Phi) is 5.88. The Morgan fingerprint density at radius 3 is 2.39 bits per heavy atom. The Hall–Kier alpha value is -3.42. The number of ether oxygens (including phenoxy) is 5. The number of benzene rings is 2. The lowest BCUT2D eigenvalue weighted by molar-refractivity contribution is -0.123. The lowest BCUT2D eigenvalue weighted by Crippen LogP contribution is -2.30. The number of fused-ring (bicyclic) bond motifs is 1. The SMILES string of the molecule is COc1ccc(C(=O)O[C@H](C)C(=O)Nc2ccc3c(c2)OCCO3)cc1OC. The number of hydrogen-bond acceptors (Lipinski definition) is 7. The number of carbonyl (C=O) groups excluding carboxylic acids is 2. The molecule has 28 heavy (non-hydrogen) atoms. The fourth-order valence-corrected chi connectivity index (χ4v) is 2.61. The molecule has 0 aliphatic carbocycles. The molecule has 8 nitrogen and oxygen atoms in total. The van der Waals surface area contributed by atoms with Crippen molar-refractivity contribution in [1.82, 2.24) is 0 Å². The highest BCUT2D eigenvalue weighted by Crippen LogP contribution is 2.32. The summed E-state index contributed by atoms with van der Waals surface area (Å²) < 4.78 is 26.5. The fourth-order valence-electron chi connectivity index (χ4n) is 2.61. The summed E-state index contributed by atoms with van der Waals surface area (Å²) in [5, 5.41) is 2.69. The maximum absolute atomic E-state index is 12.4. The molecule has 1 heterocycles. The van der Waals surface area contributed by atoms with E-state index in [4.69, 9.17) is 23.7 Å². The van der Waals surface area contributed by atoms with Gasteiger partial charge in [0.05, 0.1) is 19.8 Å². The minimum atomic E-state index is -1.01. The zero-order valence-corrected chi connectivity index (χ0v) is 15.8. The molecule has 0 unspecified atom stereocenters. The predicted molar refractivity (Wildman–Crippen MR) is 100 cm³/mol. The van der Waals surface area contributed by atoms with Crippen LogP contribution in [0.15, 0.2) is 36.4 Å². The van der Waals surface area contributed by atoms with Crippen LogP contribution in [0.4, 0.5) is 5.69 Å². The van der Waals surface area contributed by atoms with Crippen molar-refractivity contribution in [2.75, 3.05) is 32.8 Å². The highest BCUT2D eigenvalue weighted by Gasteiger charge is 2.21. The van der Waals surface area contributed by atoms with Gasteiger partial charge >= 0.3 is 5.97 Å². The Balaban J connectivity index is 1.63. The Morgan fingerprint density at radius 2 is 1.68 bits per heavy atom. The van der Waals surface area contributed by atoms with Gasteiger partial charge in [-0.05, 0) is 37.3 Å². The monoisotopic (exact) mass is 387 g/mol. The molecular formula is C20H21NO7. The largest absolute Gasteiger partial charge is 0.493 e. The number of methoxy groups -OCH3 is 2. The summed E-state index contributed by atoms with van der Waals surface area (Å²) in [5.74, 6) is 0.946. The van der Waals surface area contributed by atoms with Crippen molar-refractivity contribution < 1.29 is 33.3 Å². The number of esters is 1. The molecule has 2 aromatic rings. The van der Waals surface area contributed by atoms with Crippen LogP contribution in [-0.4, -0.2) is 45.4 Å². The number of carbonyl (C=O) groups is 2. The van der Waals surface area contributed by atoms with Crippen LogP contribution in [-0.2, 0) is 9.53 Å². The molecule has 148 valence electrons.